The van der Waals surface area contributed by atoms with Crippen molar-refractivity contribution in [2.75, 3.05) is 5.32 Å². The first-order chi connectivity index (χ1) is 15.1. The zero-order valence-electron chi connectivity index (χ0n) is 17.7. The molecule has 3 aromatic rings. The number of pyridine rings is 1. The molecule has 0 spiro atoms. The summed E-state index contributed by atoms with van der Waals surface area (Å²) < 4.78 is 28.5. The normalized spacial score (nSPS) is 20.2. The van der Waals surface area contributed by atoms with Gasteiger partial charge in [0.15, 0.2) is 5.82 Å². The van der Waals surface area contributed by atoms with E-state index in [9.17, 15) is 13.6 Å². The Balaban J connectivity index is 1.59. The molecule has 2 aromatic heterocycles. The number of nitrogens with zero attached hydrogens (tertiary/aromatic N) is 2. The number of benzene rings is 1. The van der Waals surface area contributed by atoms with Crippen molar-refractivity contribution in [3.8, 4) is 10.6 Å². The van der Waals surface area contributed by atoms with Crippen molar-refractivity contribution in [3.05, 3.63) is 63.9 Å². The van der Waals surface area contributed by atoms with Crippen molar-refractivity contribution < 1.29 is 13.6 Å². The lowest BCUT2D eigenvalue weighted by molar-refractivity contribution is 0.102. The van der Waals surface area contributed by atoms with E-state index in [4.69, 9.17) is 17.3 Å². The third-order valence-electron chi connectivity index (χ3n) is 5.74. The molecule has 1 saturated carbocycles. The van der Waals surface area contributed by atoms with E-state index in [0.717, 1.165) is 48.3 Å². The summed E-state index contributed by atoms with van der Waals surface area (Å²) in [4.78, 5) is 21.2. The molecule has 9 heteroatoms. The number of nitrogens with two attached hydrogens (primary N) is 1. The van der Waals surface area contributed by atoms with Crippen molar-refractivity contribution in [1.82, 2.24) is 9.97 Å². The van der Waals surface area contributed by atoms with Gasteiger partial charge in [0.25, 0.3) is 5.91 Å². The van der Waals surface area contributed by atoms with Crippen LogP contribution in [0.4, 0.5) is 14.5 Å². The summed E-state index contributed by atoms with van der Waals surface area (Å²) >= 11 is 6.74. The highest BCUT2D eigenvalue weighted by molar-refractivity contribution is 7.13. The van der Waals surface area contributed by atoms with Crippen molar-refractivity contribution in [2.24, 2.45) is 11.1 Å². The Morgan fingerprint density at radius 1 is 1.28 bits per heavy atom. The van der Waals surface area contributed by atoms with Gasteiger partial charge in [0.05, 0.1) is 22.5 Å². The van der Waals surface area contributed by atoms with Gasteiger partial charge in [-0.3, -0.25) is 9.78 Å². The minimum absolute atomic E-state index is 0.0408. The Kier molecular flexibility index (Phi) is 6.29. The molecular weight excluding hydrogens is 454 g/mol. The lowest BCUT2D eigenvalue weighted by atomic mass is 9.68. The number of thiazole rings is 1. The first-order valence-corrected chi connectivity index (χ1v) is 11.5. The number of carbonyl (C=O) groups excluding carboxylic acids is 1. The molecule has 1 amide bonds. The summed E-state index contributed by atoms with van der Waals surface area (Å²) in [7, 11) is 0. The van der Waals surface area contributed by atoms with E-state index in [1.54, 1.807) is 12.4 Å². The molecule has 0 saturated heterocycles. The molecule has 1 aliphatic rings. The van der Waals surface area contributed by atoms with Gasteiger partial charge in [-0.2, -0.15) is 0 Å². The predicted octanol–water partition coefficient (Wildman–Crippen LogP) is 6.01. The average Bonchev–Trinajstić information content (AvgIpc) is 3.20. The third kappa shape index (κ3) is 4.67. The fourth-order valence-electron chi connectivity index (χ4n) is 4.50. The van der Waals surface area contributed by atoms with Crippen LogP contribution in [0, 0.1) is 17.0 Å². The van der Waals surface area contributed by atoms with Gasteiger partial charge >= 0.3 is 0 Å². The summed E-state index contributed by atoms with van der Waals surface area (Å²) in [5.74, 6) is -1.99. The van der Waals surface area contributed by atoms with Gasteiger partial charge in [0, 0.05) is 17.6 Å². The highest BCUT2D eigenvalue weighted by Crippen LogP contribution is 2.44. The van der Waals surface area contributed by atoms with Gasteiger partial charge in [0.1, 0.15) is 16.5 Å². The summed E-state index contributed by atoms with van der Waals surface area (Å²) in [5.41, 5.74) is 7.66. The van der Waals surface area contributed by atoms with Crippen molar-refractivity contribution >= 4 is 34.5 Å². The molecule has 0 aliphatic heterocycles. The maximum atomic E-state index is 14.3. The molecule has 5 nitrogen and oxygen atoms in total. The number of anilines is 1. The molecule has 1 fully saturated rings. The molecule has 1 aliphatic carbocycles. The Morgan fingerprint density at radius 2 is 2.06 bits per heavy atom. The molecule has 32 heavy (non-hydrogen) atoms. The van der Waals surface area contributed by atoms with Gasteiger partial charge in [-0.1, -0.05) is 25.4 Å². The smallest absolute Gasteiger partial charge is 0.275 e. The van der Waals surface area contributed by atoms with Gasteiger partial charge in [0.2, 0.25) is 0 Å². The highest BCUT2D eigenvalue weighted by Gasteiger charge is 2.34. The van der Waals surface area contributed by atoms with E-state index >= 15 is 0 Å². The molecule has 4 rings (SSSR count). The van der Waals surface area contributed by atoms with Crippen LogP contribution in [-0.4, -0.2) is 21.9 Å². The molecule has 2 heterocycles. The van der Waals surface area contributed by atoms with Crippen LogP contribution in [0.3, 0.4) is 0 Å². The number of carbonyl (C=O) groups is 1. The Bertz CT molecular complexity index is 1170. The number of amides is 1. The third-order valence-corrected chi connectivity index (χ3v) is 6.89. The number of hydrogen-bond acceptors (Lipinski definition) is 5. The zero-order valence-corrected chi connectivity index (χ0v) is 19.2. The average molecular weight is 477 g/mol. The standard InChI is InChI=1S/C23H23ClF2N4OS/c1-23(2)8-12(7-13(27)9-23)14-5-6-28-10-17(14)29-21(31)18-11-32-22(30-18)19-16(25)4-3-15(24)20(19)26/h3-6,10-13H,7-9,27H2,1-2H3,(H,29,31). The highest BCUT2D eigenvalue weighted by atomic mass is 35.5. The van der Waals surface area contributed by atoms with Crippen LogP contribution in [-0.2, 0) is 0 Å². The molecule has 2 unspecified atom stereocenters. The first kappa shape index (κ1) is 22.8. The number of halogens is 3. The Hall–Kier alpha value is -2.42. The number of aromatic nitrogens is 2. The van der Waals surface area contributed by atoms with Crippen LogP contribution in [0.25, 0.3) is 10.6 Å². The van der Waals surface area contributed by atoms with Crippen LogP contribution in [0.15, 0.2) is 36.0 Å². The van der Waals surface area contributed by atoms with Crippen LogP contribution >= 0.6 is 22.9 Å². The maximum Gasteiger partial charge on any atom is 0.275 e. The van der Waals surface area contributed by atoms with E-state index in [2.05, 4.69) is 29.1 Å². The van der Waals surface area contributed by atoms with E-state index in [0.29, 0.717) is 5.69 Å². The fourth-order valence-corrected chi connectivity index (χ4v) is 5.49. The predicted molar refractivity (Wildman–Crippen MR) is 123 cm³/mol. The van der Waals surface area contributed by atoms with E-state index in [1.807, 2.05) is 6.07 Å². The second kappa shape index (κ2) is 8.84. The van der Waals surface area contributed by atoms with Gasteiger partial charge in [-0.05, 0) is 54.4 Å². The lowest BCUT2D eigenvalue weighted by Crippen LogP contribution is -2.36. The summed E-state index contributed by atoms with van der Waals surface area (Å²) in [5, 5.41) is 4.15. The van der Waals surface area contributed by atoms with E-state index < -0.39 is 17.5 Å². The largest absolute Gasteiger partial charge is 0.328 e. The SMILES string of the molecule is CC1(C)CC(N)CC(c2ccncc2NC(=O)c2csc(-c3c(F)ccc(Cl)c3F)n2)C1. The fraction of sp³-hybridized carbons (Fsp3) is 0.348. The number of rotatable bonds is 4. The van der Waals surface area contributed by atoms with Gasteiger partial charge in [-0.15, -0.1) is 11.3 Å². The minimum atomic E-state index is -0.904. The molecule has 2 atom stereocenters. The molecule has 3 N–H and O–H groups in total. The molecule has 0 bridgehead atoms. The zero-order chi connectivity index (χ0) is 23.0. The second-order valence-corrected chi connectivity index (χ2v) is 10.2. The summed E-state index contributed by atoms with van der Waals surface area (Å²) in [6, 6.07) is 4.20. The monoisotopic (exact) mass is 476 g/mol. The second-order valence-electron chi connectivity index (χ2n) is 8.94. The van der Waals surface area contributed by atoms with Gasteiger partial charge in [-0.25, -0.2) is 13.8 Å². The minimum Gasteiger partial charge on any atom is -0.328 e. The topological polar surface area (TPSA) is 80.9 Å². The van der Waals surface area contributed by atoms with Crippen LogP contribution in [0.2, 0.25) is 5.02 Å². The van der Waals surface area contributed by atoms with Crippen LogP contribution < -0.4 is 11.1 Å². The van der Waals surface area contributed by atoms with E-state index in [1.165, 1.54) is 5.38 Å². The number of hydrogen-bond donors (Lipinski definition) is 2. The molecular formula is C23H23ClF2N4OS. The molecule has 1 aromatic carbocycles. The lowest BCUT2D eigenvalue weighted by Gasteiger charge is -2.39. The summed E-state index contributed by atoms with van der Waals surface area (Å²) in [6.45, 7) is 4.40. The number of nitrogens with one attached hydrogen (secondary N) is 1. The molecule has 168 valence electrons. The van der Waals surface area contributed by atoms with Crippen molar-refractivity contribution in [3.63, 3.8) is 0 Å². The van der Waals surface area contributed by atoms with E-state index in [-0.39, 0.29) is 38.7 Å². The van der Waals surface area contributed by atoms with Gasteiger partial charge < -0.3 is 11.1 Å². The van der Waals surface area contributed by atoms with Crippen LogP contribution in [0.1, 0.15) is 55.1 Å². The summed E-state index contributed by atoms with van der Waals surface area (Å²) in [6.07, 6.45) is 6.02. The Morgan fingerprint density at radius 3 is 2.81 bits per heavy atom. The first-order valence-electron chi connectivity index (χ1n) is 10.2. The Labute approximate surface area is 194 Å². The van der Waals surface area contributed by atoms with Crippen LogP contribution in [0.5, 0.6) is 0 Å². The quantitative estimate of drug-likeness (QED) is 0.452. The van der Waals surface area contributed by atoms with Crippen molar-refractivity contribution in [2.45, 2.75) is 45.1 Å². The maximum absolute atomic E-state index is 14.3. The van der Waals surface area contributed by atoms with Crippen molar-refractivity contribution in [1.29, 1.82) is 0 Å². The molecule has 0 radical (unpaired) electrons.